The molecule has 24 heavy (non-hydrogen) atoms. The van der Waals surface area contributed by atoms with E-state index in [4.69, 9.17) is 11.6 Å². The second kappa shape index (κ2) is 7.32. The molecule has 3 rings (SSSR count). The topological polar surface area (TPSA) is 23.6 Å². The van der Waals surface area contributed by atoms with Gasteiger partial charge in [-0.05, 0) is 42.3 Å². The van der Waals surface area contributed by atoms with Crippen molar-refractivity contribution in [3.8, 4) is 0 Å². The van der Waals surface area contributed by atoms with E-state index in [1.807, 2.05) is 18.2 Å². The second-order valence-electron chi connectivity index (χ2n) is 6.16. The van der Waals surface area contributed by atoms with Crippen LogP contribution in [0.1, 0.15) is 21.5 Å². The van der Waals surface area contributed by atoms with Crippen molar-refractivity contribution in [1.29, 1.82) is 0 Å². The number of amides is 1. The summed E-state index contributed by atoms with van der Waals surface area (Å²) in [4.78, 5) is 16.6. The lowest BCUT2D eigenvalue weighted by atomic mass is 10.1. The van der Waals surface area contributed by atoms with Gasteiger partial charge < -0.3 is 4.90 Å². The van der Waals surface area contributed by atoms with E-state index >= 15 is 0 Å². The van der Waals surface area contributed by atoms with E-state index in [-0.39, 0.29) is 11.7 Å². The highest BCUT2D eigenvalue weighted by atomic mass is 35.5. The summed E-state index contributed by atoms with van der Waals surface area (Å²) in [5.41, 5.74) is 2.14. The fourth-order valence-corrected chi connectivity index (χ4v) is 3.12. The standard InChI is InChI=1S/C19H20ClFN2O/c1-14-5-6-16(12-18(14)21)19(24)23-9-7-22(8-10-23)13-15-3-2-4-17(20)11-15/h2-6,11-12H,7-10,13H2,1H3. The predicted octanol–water partition coefficient (Wildman–Crippen LogP) is 3.75. The molecule has 1 aliphatic heterocycles. The molecule has 126 valence electrons. The Morgan fingerprint density at radius 1 is 1.12 bits per heavy atom. The third-order valence-electron chi connectivity index (χ3n) is 4.37. The van der Waals surface area contributed by atoms with Crippen molar-refractivity contribution in [3.05, 3.63) is 70.0 Å². The zero-order chi connectivity index (χ0) is 17.1. The van der Waals surface area contributed by atoms with Crippen LogP contribution in [0.3, 0.4) is 0 Å². The number of nitrogens with zero attached hydrogens (tertiary/aromatic N) is 2. The van der Waals surface area contributed by atoms with Crippen LogP contribution in [-0.4, -0.2) is 41.9 Å². The van der Waals surface area contributed by atoms with E-state index in [1.165, 1.54) is 11.6 Å². The molecule has 0 unspecified atom stereocenters. The van der Waals surface area contributed by atoms with Gasteiger partial charge in [0.1, 0.15) is 5.82 Å². The van der Waals surface area contributed by atoms with Gasteiger partial charge in [-0.2, -0.15) is 0 Å². The third kappa shape index (κ3) is 3.94. The highest BCUT2D eigenvalue weighted by molar-refractivity contribution is 6.30. The van der Waals surface area contributed by atoms with Crippen LogP contribution in [0.15, 0.2) is 42.5 Å². The third-order valence-corrected chi connectivity index (χ3v) is 4.61. The van der Waals surface area contributed by atoms with Crippen LogP contribution < -0.4 is 0 Å². The quantitative estimate of drug-likeness (QED) is 0.845. The predicted molar refractivity (Wildman–Crippen MR) is 93.8 cm³/mol. The van der Waals surface area contributed by atoms with E-state index in [9.17, 15) is 9.18 Å². The molecule has 0 aliphatic carbocycles. The molecule has 3 nitrogen and oxygen atoms in total. The summed E-state index contributed by atoms with van der Waals surface area (Å²) >= 11 is 6.02. The fraction of sp³-hybridized carbons (Fsp3) is 0.316. The first-order valence-corrected chi connectivity index (χ1v) is 8.43. The molecule has 0 aromatic heterocycles. The molecule has 5 heteroatoms. The summed E-state index contributed by atoms with van der Waals surface area (Å²) in [7, 11) is 0. The lowest BCUT2D eigenvalue weighted by molar-refractivity contribution is 0.0628. The average molecular weight is 347 g/mol. The van der Waals surface area contributed by atoms with Gasteiger partial charge in [0.15, 0.2) is 0 Å². The van der Waals surface area contributed by atoms with Crippen LogP contribution >= 0.6 is 11.6 Å². The Bertz CT molecular complexity index is 742. The number of aryl methyl sites for hydroxylation is 1. The first-order chi connectivity index (χ1) is 11.5. The summed E-state index contributed by atoms with van der Waals surface area (Å²) in [5.74, 6) is -0.434. The number of piperazine rings is 1. The van der Waals surface area contributed by atoms with Crippen molar-refractivity contribution in [3.63, 3.8) is 0 Å². The number of carbonyl (C=O) groups is 1. The Labute approximate surface area is 146 Å². The molecule has 0 N–H and O–H groups in total. The minimum atomic E-state index is -0.333. The number of halogens is 2. The molecular weight excluding hydrogens is 327 g/mol. The number of hydrogen-bond donors (Lipinski definition) is 0. The normalized spacial score (nSPS) is 15.5. The van der Waals surface area contributed by atoms with Crippen LogP contribution in [0.2, 0.25) is 5.02 Å². The van der Waals surface area contributed by atoms with Crippen LogP contribution in [-0.2, 0) is 6.54 Å². The monoisotopic (exact) mass is 346 g/mol. The van der Waals surface area contributed by atoms with Crippen LogP contribution in [0.25, 0.3) is 0 Å². The van der Waals surface area contributed by atoms with Gasteiger partial charge in [-0.25, -0.2) is 4.39 Å². The van der Waals surface area contributed by atoms with Gasteiger partial charge in [-0.15, -0.1) is 0 Å². The van der Waals surface area contributed by atoms with Gasteiger partial charge in [0.05, 0.1) is 0 Å². The van der Waals surface area contributed by atoms with E-state index in [0.29, 0.717) is 24.2 Å². The van der Waals surface area contributed by atoms with Crippen molar-refractivity contribution >= 4 is 17.5 Å². The van der Waals surface area contributed by atoms with Gasteiger partial charge in [0.25, 0.3) is 5.91 Å². The summed E-state index contributed by atoms with van der Waals surface area (Å²) in [5, 5.41) is 0.739. The largest absolute Gasteiger partial charge is 0.336 e. The van der Waals surface area contributed by atoms with E-state index < -0.39 is 0 Å². The molecule has 1 fully saturated rings. The molecule has 1 saturated heterocycles. The highest BCUT2D eigenvalue weighted by Gasteiger charge is 2.22. The molecule has 0 spiro atoms. The Morgan fingerprint density at radius 2 is 1.88 bits per heavy atom. The summed E-state index contributed by atoms with van der Waals surface area (Å²) in [6.45, 7) is 5.41. The maximum Gasteiger partial charge on any atom is 0.254 e. The van der Waals surface area contributed by atoms with Crippen LogP contribution in [0.4, 0.5) is 4.39 Å². The van der Waals surface area contributed by atoms with Gasteiger partial charge in [0.2, 0.25) is 0 Å². The van der Waals surface area contributed by atoms with E-state index in [1.54, 1.807) is 24.0 Å². The number of benzene rings is 2. The fourth-order valence-electron chi connectivity index (χ4n) is 2.91. The van der Waals surface area contributed by atoms with E-state index in [0.717, 1.165) is 24.7 Å². The van der Waals surface area contributed by atoms with Crippen LogP contribution in [0.5, 0.6) is 0 Å². The van der Waals surface area contributed by atoms with E-state index in [2.05, 4.69) is 11.0 Å². The summed E-state index contributed by atoms with van der Waals surface area (Å²) < 4.78 is 13.7. The molecule has 2 aromatic rings. The number of rotatable bonds is 3. The molecule has 1 heterocycles. The van der Waals surface area contributed by atoms with Crippen molar-refractivity contribution in [1.82, 2.24) is 9.80 Å². The second-order valence-corrected chi connectivity index (χ2v) is 6.60. The molecule has 1 aliphatic rings. The molecule has 0 saturated carbocycles. The Hall–Kier alpha value is -1.91. The zero-order valence-corrected chi connectivity index (χ0v) is 14.4. The minimum absolute atomic E-state index is 0.101. The molecular formula is C19H20ClFN2O. The smallest absolute Gasteiger partial charge is 0.254 e. The maximum atomic E-state index is 13.7. The van der Waals surface area contributed by atoms with Crippen molar-refractivity contribution in [2.75, 3.05) is 26.2 Å². The summed E-state index contributed by atoms with van der Waals surface area (Å²) in [6, 6.07) is 12.5. The summed E-state index contributed by atoms with van der Waals surface area (Å²) in [6.07, 6.45) is 0. The Balaban J connectivity index is 1.58. The first-order valence-electron chi connectivity index (χ1n) is 8.05. The maximum absolute atomic E-state index is 13.7. The van der Waals surface area contributed by atoms with Gasteiger partial charge in [-0.1, -0.05) is 29.8 Å². The number of hydrogen-bond acceptors (Lipinski definition) is 2. The molecule has 0 atom stereocenters. The zero-order valence-electron chi connectivity index (χ0n) is 13.6. The molecule has 0 radical (unpaired) electrons. The van der Waals surface area contributed by atoms with Crippen molar-refractivity contribution in [2.24, 2.45) is 0 Å². The average Bonchev–Trinajstić information content (AvgIpc) is 2.57. The Kier molecular flexibility index (Phi) is 5.17. The first kappa shape index (κ1) is 16.9. The highest BCUT2D eigenvalue weighted by Crippen LogP contribution is 2.16. The van der Waals surface area contributed by atoms with Gasteiger partial charge in [-0.3, -0.25) is 9.69 Å². The SMILES string of the molecule is Cc1ccc(C(=O)N2CCN(Cc3cccc(Cl)c3)CC2)cc1F. The van der Waals surface area contributed by atoms with Gasteiger partial charge >= 0.3 is 0 Å². The van der Waals surface area contributed by atoms with Crippen molar-refractivity contribution < 1.29 is 9.18 Å². The van der Waals surface area contributed by atoms with Crippen molar-refractivity contribution in [2.45, 2.75) is 13.5 Å². The number of carbonyl (C=O) groups excluding carboxylic acids is 1. The lowest BCUT2D eigenvalue weighted by Crippen LogP contribution is -2.48. The minimum Gasteiger partial charge on any atom is -0.336 e. The Morgan fingerprint density at radius 3 is 2.54 bits per heavy atom. The molecule has 1 amide bonds. The molecule has 2 aromatic carbocycles. The van der Waals surface area contributed by atoms with Crippen LogP contribution in [0, 0.1) is 12.7 Å². The molecule has 0 bridgehead atoms. The van der Waals surface area contributed by atoms with Gasteiger partial charge in [0, 0.05) is 43.3 Å². The lowest BCUT2D eigenvalue weighted by Gasteiger charge is -2.34.